The van der Waals surface area contributed by atoms with E-state index in [4.69, 9.17) is 9.47 Å². The molecule has 0 saturated carbocycles. The van der Waals surface area contributed by atoms with Crippen molar-refractivity contribution in [1.82, 2.24) is 0 Å². The maximum atomic E-state index is 13.7. The molecule has 2 aromatic carbocycles. The van der Waals surface area contributed by atoms with Gasteiger partial charge in [-0.25, -0.2) is 4.39 Å². The van der Waals surface area contributed by atoms with Crippen LogP contribution >= 0.6 is 0 Å². The number of nitro benzene ring substituents is 1. The van der Waals surface area contributed by atoms with Crippen LogP contribution in [-0.4, -0.2) is 44.2 Å². The first-order chi connectivity index (χ1) is 14.0. The summed E-state index contributed by atoms with van der Waals surface area (Å²) >= 11 is 0. The van der Waals surface area contributed by atoms with Crippen LogP contribution in [0.15, 0.2) is 36.4 Å². The minimum Gasteiger partial charge on any atom is -0.489 e. The number of nitrogens with zero attached hydrogens (tertiary/aromatic N) is 2. The molecule has 1 fully saturated rings. The molecule has 154 valence electrons. The average Bonchev–Trinajstić information content (AvgIpc) is 3.24. The Labute approximate surface area is 167 Å². The van der Waals surface area contributed by atoms with Gasteiger partial charge >= 0.3 is 0 Å². The standard InChI is InChI=1S/C20H22FN3O5/c1-28-10-11-29-19-7-5-15(21)13-16(19)22-20(25)14-4-6-17(18(12-14)24(26)27)23-8-2-3-9-23/h4-7,12-13H,2-3,8-11H2,1H3,(H,22,25). The van der Waals surface area contributed by atoms with Crippen LogP contribution in [-0.2, 0) is 4.74 Å². The third kappa shape index (κ3) is 5.00. The van der Waals surface area contributed by atoms with Crippen molar-refractivity contribution in [2.24, 2.45) is 0 Å². The Morgan fingerprint density at radius 1 is 1.21 bits per heavy atom. The Bertz CT molecular complexity index is 900. The van der Waals surface area contributed by atoms with Gasteiger partial charge in [0.1, 0.15) is 23.9 Å². The molecule has 1 saturated heterocycles. The highest BCUT2D eigenvalue weighted by Crippen LogP contribution is 2.32. The lowest BCUT2D eigenvalue weighted by atomic mass is 10.1. The van der Waals surface area contributed by atoms with Gasteiger partial charge in [-0.3, -0.25) is 14.9 Å². The van der Waals surface area contributed by atoms with Crippen molar-refractivity contribution in [3.63, 3.8) is 0 Å². The number of carbonyl (C=O) groups excluding carboxylic acids is 1. The van der Waals surface area contributed by atoms with Gasteiger partial charge in [0.15, 0.2) is 0 Å². The lowest BCUT2D eigenvalue weighted by Gasteiger charge is -2.18. The predicted octanol–water partition coefficient (Wildman–Crippen LogP) is 3.61. The van der Waals surface area contributed by atoms with Crippen molar-refractivity contribution < 1.29 is 23.6 Å². The lowest BCUT2D eigenvalue weighted by molar-refractivity contribution is -0.384. The summed E-state index contributed by atoms with van der Waals surface area (Å²) in [5, 5.41) is 14.1. The van der Waals surface area contributed by atoms with Crippen molar-refractivity contribution in [3.05, 3.63) is 57.9 Å². The second-order valence-electron chi connectivity index (χ2n) is 6.59. The number of ether oxygens (including phenoxy) is 2. The van der Waals surface area contributed by atoms with Crippen LogP contribution in [0.3, 0.4) is 0 Å². The maximum Gasteiger partial charge on any atom is 0.293 e. The average molecular weight is 403 g/mol. The minimum absolute atomic E-state index is 0.103. The molecule has 1 heterocycles. The number of hydrogen-bond donors (Lipinski definition) is 1. The Balaban J connectivity index is 1.83. The molecule has 0 unspecified atom stereocenters. The largest absolute Gasteiger partial charge is 0.489 e. The smallest absolute Gasteiger partial charge is 0.293 e. The summed E-state index contributed by atoms with van der Waals surface area (Å²) in [6, 6.07) is 8.11. The Morgan fingerprint density at radius 2 is 1.97 bits per heavy atom. The Morgan fingerprint density at radius 3 is 2.66 bits per heavy atom. The number of nitrogens with one attached hydrogen (secondary N) is 1. The summed E-state index contributed by atoms with van der Waals surface area (Å²) in [7, 11) is 1.52. The van der Waals surface area contributed by atoms with Gasteiger partial charge in [-0.05, 0) is 37.1 Å². The minimum atomic E-state index is -0.594. The molecule has 0 bridgehead atoms. The summed E-state index contributed by atoms with van der Waals surface area (Å²) in [5.41, 5.74) is 0.609. The number of carbonyl (C=O) groups is 1. The van der Waals surface area contributed by atoms with Crippen LogP contribution in [0.2, 0.25) is 0 Å². The Kier molecular flexibility index (Phi) is 6.61. The topological polar surface area (TPSA) is 93.9 Å². The van der Waals surface area contributed by atoms with E-state index in [0.717, 1.165) is 32.0 Å². The summed E-state index contributed by atoms with van der Waals surface area (Å²) in [4.78, 5) is 25.6. The van der Waals surface area contributed by atoms with Crippen LogP contribution in [0.5, 0.6) is 5.75 Å². The first-order valence-electron chi connectivity index (χ1n) is 9.25. The molecule has 2 aromatic rings. The van der Waals surface area contributed by atoms with Crippen molar-refractivity contribution in [1.29, 1.82) is 0 Å². The first-order valence-corrected chi connectivity index (χ1v) is 9.25. The van der Waals surface area contributed by atoms with Crippen molar-refractivity contribution in [3.8, 4) is 5.75 Å². The third-order valence-electron chi connectivity index (χ3n) is 4.62. The van der Waals surface area contributed by atoms with Gasteiger partial charge < -0.3 is 19.7 Å². The summed E-state index contributed by atoms with van der Waals surface area (Å²) < 4.78 is 24.1. The normalized spacial score (nSPS) is 13.4. The van der Waals surface area contributed by atoms with Gasteiger partial charge in [0.25, 0.3) is 11.6 Å². The fourth-order valence-corrected chi connectivity index (χ4v) is 3.19. The molecule has 1 amide bonds. The first kappa shape index (κ1) is 20.5. The number of nitro groups is 1. The Hall–Kier alpha value is -3.20. The van der Waals surface area contributed by atoms with Crippen LogP contribution in [0.25, 0.3) is 0 Å². The highest BCUT2D eigenvalue weighted by atomic mass is 19.1. The van der Waals surface area contributed by atoms with Crippen LogP contribution in [0, 0.1) is 15.9 Å². The predicted molar refractivity (Wildman–Crippen MR) is 106 cm³/mol. The van der Waals surface area contributed by atoms with E-state index in [0.29, 0.717) is 12.3 Å². The highest BCUT2D eigenvalue weighted by Gasteiger charge is 2.24. The summed E-state index contributed by atoms with van der Waals surface area (Å²) in [6.07, 6.45) is 1.95. The second-order valence-corrected chi connectivity index (χ2v) is 6.59. The third-order valence-corrected chi connectivity index (χ3v) is 4.62. The number of methoxy groups -OCH3 is 1. The molecule has 1 aliphatic rings. The fourth-order valence-electron chi connectivity index (χ4n) is 3.19. The van der Waals surface area contributed by atoms with E-state index in [9.17, 15) is 19.3 Å². The zero-order chi connectivity index (χ0) is 20.8. The van der Waals surface area contributed by atoms with Gasteiger partial charge in [-0.15, -0.1) is 0 Å². The zero-order valence-corrected chi connectivity index (χ0v) is 16.0. The van der Waals surface area contributed by atoms with Gasteiger partial charge in [-0.1, -0.05) is 0 Å². The van der Waals surface area contributed by atoms with E-state index < -0.39 is 16.6 Å². The van der Waals surface area contributed by atoms with Crippen molar-refractivity contribution >= 4 is 23.0 Å². The van der Waals surface area contributed by atoms with E-state index in [-0.39, 0.29) is 29.3 Å². The number of rotatable bonds is 8. The lowest BCUT2D eigenvalue weighted by Crippen LogP contribution is -2.20. The number of anilines is 2. The molecule has 1 N–H and O–H groups in total. The number of hydrogen-bond acceptors (Lipinski definition) is 6. The summed E-state index contributed by atoms with van der Waals surface area (Å²) in [6.45, 7) is 2.05. The second kappa shape index (κ2) is 9.33. The van der Waals surface area contributed by atoms with E-state index in [1.165, 1.54) is 31.4 Å². The van der Waals surface area contributed by atoms with E-state index in [1.54, 1.807) is 6.07 Å². The van der Waals surface area contributed by atoms with E-state index in [1.807, 2.05) is 4.90 Å². The molecule has 3 rings (SSSR count). The monoisotopic (exact) mass is 403 g/mol. The maximum absolute atomic E-state index is 13.7. The molecular formula is C20H22FN3O5. The zero-order valence-electron chi connectivity index (χ0n) is 16.0. The number of amides is 1. The van der Waals surface area contributed by atoms with Gasteiger partial charge in [-0.2, -0.15) is 0 Å². The molecule has 0 radical (unpaired) electrons. The van der Waals surface area contributed by atoms with Gasteiger partial charge in [0.2, 0.25) is 0 Å². The van der Waals surface area contributed by atoms with Crippen molar-refractivity contribution in [2.75, 3.05) is 43.6 Å². The SMILES string of the molecule is COCCOc1ccc(F)cc1NC(=O)c1ccc(N2CCCC2)c([N+](=O)[O-])c1. The molecule has 1 aliphatic heterocycles. The van der Waals surface area contributed by atoms with E-state index >= 15 is 0 Å². The van der Waals surface area contributed by atoms with Gasteiger partial charge in [0, 0.05) is 37.9 Å². The molecular weight excluding hydrogens is 381 g/mol. The fraction of sp³-hybridized carbons (Fsp3) is 0.350. The van der Waals surface area contributed by atoms with Crippen LogP contribution in [0.4, 0.5) is 21.5 Å². The molecule has 0 aromatic heterocycles. The highest BCUT2D eigenvalue weighted by molar-refractivity contribution is 6.05. The van der Waals surface area contributed by atoms with E-state index in [2.05, 4.69) is 5.32 Å². The molecule has 0 spiro atoms. The summed E-state index contributed by atoms with van der Waals surface area (Å²) in [5.74, 6) is -0.863. The van der Waals surface area contributed by atoms with Crippen LogP contribution in [0.1, 0.15) is 23.2 Å². The molecule has 8 nitrogen and oxygen atoms in total. The molecule has 9 heteroatoms. The quantitative estimate of drug-likeness (QED) is 0.411. The molecule has 0 atom stereocenters. The number of halogens is 1. The molecule has 0 aliphatic carbocycles. The number of benzene rings is 2. The van der Waals surface area contributed by atoms with Crippen molar-refractivity contribution in [2.45, 2.75) is 12.8 Å². The van der Waals surface area contributed by atoms with Crippen LogP contribution < -0.4 is 15.0 Å². The molecule has 29 heavy (non-hydrogen) atoms. The van der Waals surface area contributed by atoms with Gasteiger partial charge in [0.05, 0.1) is 17.2 Å².